The van der Waals surface area contributed by atoms with Crippen molar-refractivity contribution >= 4 is 11.8 Å². The first-order chi connectivity index (χ1) is 9.97. The van der Waals surface area contributed by atoms with Gasteiger partial charge in [0.2, 0.25) is 0 Å². The van der Waals surface area contributed by atoms with E-state index in [1.807, 2.05) is 0 Å². The summed E-state index contributed by atoms with van der Waals surface area (Å²) >= 11 is 0. The largest absolute Gasteiger partial charge is 0.459 e. The maximum absolute atomic E-state index is 12.3. The second-order valence-electron chi connectivity index (χ2n) is 8.01. The average molecular weight is 292 g/mol. The summed E-state index contributed by atoms with van der Waals surface area (Å²) in [5, 5.41) is 10.4. The highest BCUT2D eigenvalue weighted by molar-refractivity contribution is 5.86. The van der Waals surface area contributed by atoms with Crippen LogP contribution in [-0.4, -0.2) is 28.1 Å². The Morgan fingerprint density at radius 1 is 1.14 bits per heavy atom. The molecule has 0 saturated heterocycles. The molecule has 116 valence electrons. The zero-order chi connectivity index (χ0) is 14.7. The molecule has 0 aromatic carbocycles. The molecule has 2 unspecified atom stereocenters. The number of hydrogen-bond acceptors (Lipinski definition) is 4. The van der Waals surface area contributed by atoms with Gasteiger partial charge in [-0.1, -0.05) is 12.8 Å². The molecule has 0 aliphatic heterocycles. The summed E-state index contributed by atoms with van der Waals surface area (Å²) in [4.78, 5) is 24.5. The zero-order valence-electron chi connectivity index (χ0n) is 12.5. The van der Waals surface area contributed by atoms with Gasteiger partial charge in [0.1, 0.15) is 11.4 Å². The lowest BCUT2D eigenvalue weighted by Gasteiger charge is -2.54. The summed E-state index contributed by atoms with van der Waals surface area (Å²) in [6, 6.07) is 0. The van der Waals surface area contributed by atoms with E-state index in [-0.39, 0.29) is 24.2 Å². The minimum Gasteiger partial charge on any atom is -0.459 e. The summed E-state index contributed by atoms with van der Waals surface area (Å²) in [6.45, 7) is 0. The number of hydrogen-bond donors (Lipinski definition) is 1. The molecule has 0 aromatic rings. The van der Waals surface area contributed by atoms with Gasteiger partial charge < -0.3 is 9.84 Å². The van der Waals surface area contributed by atoms with E-state index in [4.69, 9.17) is 4.74 Å². The third kappa shape index (κ3) is 2.32. The van der Waals surface area contributed by atoms with Gasteiger partial charge in [0.05, 0.1) is 12.0 Å². The molecule has 2 atom stereocenters. The Labute approximate surface area is 125 Å². The SMILES string of the molecule is O=C(CC1(O)CCCC1)OC12CC3CC(C1)C(=O)C(C3)C2. The Morgan fingerprint density at radius 2 is 1.76 bits per heavy atom. The van der Waals surface area contributed by atoms with Gasteiger partial charge in [-0.3, -0.25) is 9.59 Å². The maximum atomic E-state index is 12.3. The fourth-order valence-corrected chi connectivity index (χ4v) is 5.56. The number of ketones is 1. The number of esters is 1. The average Bonchev–Trinajstić information content (AvgIpc) is 2.80. The first-order valence-corrected chi connectivity index (χ1v) is 8.45. The van der Waals surface area contributed by atoms with Gasteiger partial charge in [-0.05, 0) is 50.9 Å². The third-order valence-corrected chi connectivity index (χ3v) is 6.28. The lowest BCUT2D eigenvalue weighted by Crippen LogP contribution is -2.57. The Bertz CT molecular complexity index is 459. The number of aliphatic hydroxyl groups is 1. The van der Waals surface area contributed by atoms with E-state index >= 15 is 0 Å². The molecule has 0 heterocycles. The lowest BCUT2D eigenvalue weighted by atomic mass is 9.53. The molecule has 5 rings (SSSR count). The van der Waals surface area contributed by atoms with E-state index in [0.29, 0.717) is 24.5 Å². The Morgan fingerprint density at radius 3 is 2.38 bits per heavy atom. The van der Waals surface area contributed by atoms with Gasteiger partial charge in [-0.25, -0.2) is 0 Å². The van der Waals surface area contributed by atoms with E-state index in [2.05, 4.69) is 0 Å². The van der Waals surface area contributed by atoms with Crippen LogP contribution in [0.4, 0.5) is 0 Å². The van der Waals surface area contributed by atoms with Crippen LogP contribution in [0.15, 0.2) is 0 Å². The zero-order valence-corrected chi connectivity index (χ0v) is 12.5. The normalized spacial score (nSPS) is 43.3. The molecule has 1 N–H and O–H groups in total. The Hall–Kier alpha value is -0.900. The van der Waals surface area contributed by atoms with Crippen molar-refractivity contribution in [2.75, 3.05) is 0 Å². The van der Waals surface area contributed by atoms with Crippen LogP contribution < -0.4 is 0 Å². The smallest absolute Gasteiger partial charge is 0.309 e. The van der Waals surface area contributed by atoms with Crippen molar-refractivity contribution in [2.24, 2.45) is 17.8 Å². The van der Waals surface area contributed by atoms with Gasteiger partial charge >= 0.3 is 5.97 Å². The summed E-state index contributed by atoms with van der Waals surface area (Å²) in [6.07, 6.45) is 7.91. The van der Waals surface area contributed by atoms with E-state index in [0.717, 1.165) is 44.9 Å². The van der Waals surface area contributed by atoms with Crippen LogP contribution in [0, 0.1) is 17.8 Å². The lowest BCUT2D eigenvalue weighted by molar-refractivity contribution is -0.192. The highest BCUT2D eigenvalue weighted by Crippen LogP contribution is 2.55. The summed E-state index contributed by atoms with van der Waals surface area (Å²) in [7, 11) is 0. The number of carbonyl (C=O) groups is 2. The Balaban J connectivity index is 1.45. The highest BCUT2D eigenvalue weighted by Gasteiger charge is 2.57. The quantitative estimate of drug-likeness (QED) is 0.811. The number of Topliss-reactive ketones (excluding diaryl/α,β-unsaturated/α-hetero) is 1. The van der Waals surface area contributed by atoms with Crippen LogP contribution in [-0.2, 0) is 14.3 Å². The maximum Gasteiger partial charge on any atom is 0.309 e. The number of carbonyl (C=O) groups excluding carboxylic acids is 2. The van der Waals surface area contributed by atoms with E-state index in [9.17, 15) is 14.7 Å². The molecule has 21 heavy (non-hydrogen) atoms. The number of ether oxygens (including phenoxy) is 1. The van der Waals surface area contributed by atoms with Crippen LogP contribution in [0.5, 0.6) is 0 Å². The second kappa shape index (κ2) is 4.55. The molecule has 5 aliphatic carbocycles. The van der Waals surface area contributed by atoms with Gasteiger partial charge in [-0.15, -0.1) is 0 Å². The second-order valence-corrected chi connectivity index (χ2v) is 8.01. The predicted molar refractivity (Wildman–Crippen MR) is 75.4 cm³/mol. The van der Waals surface area contributed by atoms with Gasteiger partial charge in [0, 0.05) is 11.8 Å². The fraction of sp³-hybridized carbons (Fsp3) is 0.882. The summed E-state index contributed by atoms with van der Waals surface area (Å²) in [5.41, 5.74) is -1.23. The van der Waals surface area contributed by atoms with E-state index in [1.54, 1.807) is 0 Å². The van der Waals surface area contributed by atoms with Crippen molar-refractivity contribution in [3.63, 3.8) is 0 Å². The molecule has 4 nitrogen and oxygen atoms in total. The highest BCUT2D eigenvalue weighted by atomic mass is 16.6. The molecule has 4 bridgehead atoms. The first-order valence-electron chi connectivity index (χ1n) is 8.45. The molecular formula is C17H24O4. The summed E-state index contributed by atoms with van der Waals surface area (Å²) < 4.78 is 5.87. The van der Waals surface area contributed by atoms with Crippen LogP contribution in [0.25, 0.3) is 0 Å². The Kier molecular flexibility index (Phi) is 2.97. The molecule has 5 aliphatic rings. The third-order valence-electron chi connectivity index (χ3n) is 6.28. The minimum absolute atomic E-state index is 0.124. The number of rotatable bonds is 3. The topological polar surface area (TPSA) is 63.6 Å². The van der Waals surface area contributed by atoms with E-state index < -0.39 is 11.2 Å². The molecule has 5 fully saturated rings. The minimum atomic E-state index is -0.838. The molecule has 0 spiro atoms. The molecule has 0 radical (unpaired) electrons. The van der Waals surface area contributed by atoms with E-state index in [1.165, 1.54) is 0 Å². The van der Waals surface area contributed by atoms with Crippen LogP contribution >= 0.6 is 0 Å². The van der Waals surface area contributed by atoms with Gasteiger partial charge in [-0.2, -0.15) is 0 Å². The first kappa shape index (κ1) is 13.7. The summed E-state index contributed by atoms with van der Waals surface area (Å²) in [5.74, 6) is 0.959. The van der Waals surface area contributed by atoms with Crippen molar-refractivity contribution < 1.29 is 19.4 Å². The monoisotopic (exact) mass is 292 g/mol. The van der Waals surface area contributed by atoms with Crippen LogP contribution in [0.2, 0.25) is 0 Å². The molecular weight excluding hydrogens is 268 g/mol. The molecule has 0 amide bonds. The van der Waals surface area contributed by atoms with Crippen molar-refractivity contribution in [1.82, 2.24) is 0 Å². The van der Waals surface area contributed by atoms with Crippen molar-refractivity contribution in [2.45, 2.75) is 75.4 Å². The van der Waals surface area contributed by atoms with Crippen molar-refractivity contribution in [3.8, 4) is 0 Å². The molecule has 0 aromatic heterocycles. The standard InChI is InChI=1S/C17H24O4/c18-14(10-16(20)3-1-2-4-16)21-17-7-11-5-12(8-17)15(19)13(6-11)9-17/h11-13,20H,1-10H2. The van der Waals surface area contributed by atoms with Crippen LogP contribution in [0.3, 0.4) is 0 Å². The van der Waals surface area contributed by atoms with Crippen LogP contribution in [0.1, 0.15) is 64.2 Å². The van der Waals surface area contributed by atoms with Gasteiger partial charge in [0.15, 0.2) is 0 Å². The van der Waals surface area contributed by atoms with Crippen molar-refractivity contribution in [3.05, 3.63) is 0 Å². The van der Waals surface area contributed by atoms with Crippen molar-refractivity contribution in [1.29, 1.82) is 0 Å². The molecule has 5 saturated carbocycles. The van der Waals surface area contributed by atoms with Gasteiger partial charge in [0.25, 0.3) is 0 Å². The molecule has 4 heteroatoms. The fourth-order valence-electron chi connectivity index (χ4n) is 5.56. The predicted octanol–water partition coefficient (Wildman–Crippen LogP) is 2.37.